The number of pyridine rings is 1. The lowest BCUT2D eigenvalue weighted by Gasteiger charge is -2.63. The fourth-order valence-electron chi connectivity index (χ4n) is 9.44. The normalized spacial score (nSPS) is 30.2. The minimum atomic E-state index is -0.673. The zero-order valence-corrected chi connectivity index (χ0v) is 29.9. The Balaban J connectivity index is 1.62. The maximum Gasteiger partial charge on any atom is 0.225 e. The van der Waals surface area contributed by atoms with Gasteiger partial charge in [-0.25, -0.2) is 4.98 Å². The van der Waals surface area contributed by atoms with Crippen LogP contribution in [-0.2, 0) is 14.4 Å². The van der Waals surface area contributed by atoms with E-state index >= 15 is 0 Å². The molecule has 0 bridgehead atoms. The highest BCUT2D eigenvalue weighted by atomic mass is 16.1. The maximum absolute atomic E-state index is 13.6. The van der Waals surface area contributed by atoms with E-state index in [0.717, 1.165) is 56.9 Å². The third-order valence-electron chi connectivity index (χ3n) is 12.8. The summed E-state index contributed by atoms with van der Waals surface area (Å²) in [5.74, 6) is 0.640. The summed E-state index contributed by atoms with van der Waals surface area (Å²) in [5, 5.41) is 12.9. The van der Waals surface area contributed by atoms with Gasteiger partial charge in [0, 0.05) is 29.9 Å². The third kappa shape index (κ3) is 6.80. The van der Waals surface area contributed by atoms with E-state index in [9.17, 15) is 19.6 Å². The van der Waals surface area contributed by atoms with Gasteiger partial charge in [0.25, 0.3) is 0 Å². The molecule has 6 nitrogen and oxygen atoms in total. The quantitative estimate of drug-likeness (QED) is 0.249. The molecule has 5 atom stereocenters. The number of allylic oxidation sites excluding steroid dienone is 4. The van der Waals surface area contributed by atoms with Gasteiger partial charge < -0.3 is 5.32 Å². The first-order chi connectivity index (χ1) is 21.3. The summed E-state index contributed by atoms with van der Waals surface area (Å²) in [7, 11) is 0. The molecule has 0 aliphatic heterocycles. The number of rotatable bonds is 12. The van der Waals surface area contributed by atoms with Crippen molar-refractivity contribution in [3.8, 4) is 6.07 Å². The number of nitrogens with one attached hydrogen (secondary N) is 1. The smallest absolute Gasteiger partial charge is 0.225 e. The maximum atomic E-state index is 13.6. The molecule has 0 saturated heterocycles. The molecular formula is C40H57N3O3. The van der Waals surface area contributed by atoms with Crippen molar-refractivity contribution < 1.29 is 14.4 Å². The van der Waals surface area contributed by atoms with E-state index in [0.29, 0.717) is 18.7 Å². The van der Waals surface area contributed by atoms with E-state index in [1.165, 1.54) is 6.42 Å². The second-order valence-corrected chi connectivity index (χ2v) is 17.2. The number of carbonyl (C=O) groups excluding carboxylic acids is 3. The molecule has 1 amide bonds. The van der Waals surface area contributed by atoms with Gasteiger partial charge in [-0.05, 0) is 97.2 Å². The standard InChI is InChI=1S/C40H57N3O3/c1-10-16-35(2,3)19-20-37(6,17-15-33(45)43-32-13-11-12-23-42-32)21-22-38(7)26-29(44)24-31-39(8)25-28(27-41)34(46)36(4,5)30(39)14-18-40(31,38)9/h11-13,23-25,30H,10,14-22,26H2,1-9H3,(H,42,43,45)/t30-,37-,38+,39-,40+/m0/s1. The van der Waals surface area contributed by atoms with E-state index in [4.69, 9.17) is 0 Å². The summed E-state index contributed by atoms with van der Waals surface area (Å²) in [4.78, 5) is 44.2. The lowest BCUT2D eigenvalue weighted by molar-refractivity contribution is -0.133. The van der Waals surface area contributed by atoms with Gasteiger partial charge in [0.15, 0.2) is 11.6 Å². The van der Waals surface area contributed by atoms with Crippen molar-refractivity contribution in [2.45, 2.75) is 133 Å². The molecule has 1 aromatic heterocycles. The van der Waals surface area contributed by atoms with Crippen molar-refractivity contribution >= 4 is 23.3 Å². The minimum Gasteiger partial charge on any atom is -0.311 e. The van der Waals surface area contributed by atoms with Crippen LogP contribution in [-0.4, -0.2) is 22.5 Å². The zero-order chi connectivity index (χ0) is 34.2. The highest BCUT2D eigenvalue weighted by molar-refractivity contribution is 6.04. The summed E-state index contributed by atoms with van der Waals surface area (Å²) in [6.07, 6.45) is 15.1. The van der Waals surface area contributed by atoms with Gasteiger partial charge >= 0.3 is 0 Å². The first kappa shape index (κ1) is 35.8. The summed E-state index contributed by atoms with van der Waals surface area (Å²) in [6.45, 7) is 20.0. The molecule has 1 heterocycles. The average molecular weight is 628 g/mol. The number of carbonyl (C=O) groups is 3. The Labute approximate surface area is 277 Å². The van der Waals surface area contributed by atoms with E-state index in [1.54, 1.807) is 6.20 Å². The average Bonchev–Trinajstić information content (AvgIpc) is 2.98. The fraction of sp³-hybridized carbons (Fsp3) is 0.675. The molecule has 1 N–H and O–H groups in total. The summed E-state index contributed by atoms with van der Waals surface area (Å²) >= 11 is 0. The van der Waals surface area contributed by atoms with Gasteiger partial charge in [-0.1, -0.05) is 86.4 Å². The van der Waals surface area contributed by atoms with Crippen LogP contribution in [0.5, 0.6) is 0 Å². The molecule has 1 aromatic rings. The molecule has 4 rings (SSSR count). The number of nitrogens with zero attached hydrogens (tertiary/aromatic N) is 2. The molecule has 3 aliphatic carbocycles. The number of anilines is 1. The minimum absolute atomic E-state index is 0.0187. The van der Waals surface area contributed by atoms with E-state index in [2.05, 4.69) is 64.8 Å². The lowest BCUT2D eigenvalue weighted by atomic mass is 9.40. The van der Waals surface area contributed by atoms with E-state index in [1.807, 2.05) is 44.2 Å². The van der Waals surface area contributed by atoms with Crippen molar-refractivity contribution in [2.75, 3.05) is 5.32 Å². The van der Waals surface area contributed by atoms with Gasteiger partial charge in [0.05, 0.1) is 5.57 Å². The van der Waals surface area contributed by atoms with Crippen LogP contribution >= 0.6 is 0 Å². The summed E-state index contributed by atoms with van der Waals surface area (Å²) in [6, 6.07) is 7.70. The molecule has 3 aliphatic rings. The molecule has 0 spiro atoms. The Bertz CT molecular complexity index is 1450. The van der Waals surface area contributed by atoms with Crippen molar-refractivity contribution in [1.82, 2.24) is 4.98 Å². The van der Waals surface area contributed by atoms with Crippen molar-refractivity contribution in [1.29, 1.82) is 5.26 Å². The molecule has 0 unspecified atom stereocenters. The van der Waals surface area contributed by atoms with Crippen LogP contribution in [0.25, 0.3) is 0 Å². The fourth-order valence-corrected chi connectivity index (χ4v) is 9.44. The number of ketones is 2. The summed E-state index contributed by atoms with van der Waals surface area (Å²) in [5.41, 5.74) is -0.282. The first-order valence-electron chi connectivity index (χ1n) is 17.5. The first-order valence-corrected chi connectivity index (χ1v) is 17.5. The molecule has 0 aromatic carbocycles. The van der Waals surface area contributed by atoms with Crippen LogP contribution in [0, 0.1) is 49.7 Å². The van der Waals surface area contributed by atoms with E-state index < -0.39 is 10.8 Å². The topological polar surface area (TPSA) is 99.9 Å². The van der Waals surface area contributed by atoms with Crippen LogP contribution < -0.4 is 5.32 Å². The van der Waals surface area contributed by atoms with Crippen LogP contribution in [0.1, 0.15) is 133 Å². The number of aromatic nitrogens is 1. The van der Waals surface area contributed by atoms with Gasteiger partial charge in [-0.15, -0.1) is 0 Å². The Morgan fingerprint density at radius 3 is 2.39 bits per heavy atom. The Morgan fingerprint density at radius 1 is 1.04 bits per heavy atom. The van der Waals surface area contributed by atoms with Gasteiger partial charge in [-0.3, -0.25) is 14.4 Å². The van der Waals surface area contributed by atoms with Gasteiger partial charge in [0.1, 0.15) is 11.9 Å². The second-order valence-electron chi connectivity index (χ2n) is 17.2. The SMILES string of the molecule is CCCC(C)(C)CC[C@](C)(CCC(=O)Nc1ccccn1)CC[C@]1(C)CC(=O)C=C2[C@@]3(C)C=C(C#N)C(=O)C(C)(C)[C@@H]3CC[C@]21C. The molecular weight excluding hydrogens is 570 g/mol. The molecule has 250 valence electrons. The molecule has 0 radical (unpaired) electrons. The van der Waals surface area contributed by atoms with E-state index in [-0.39, 0.29) is 50.6 Å². The molecule has 6 heteroatoms. The predicted octanol–water partition coefficient (Wildman–Crippen LogP) is 9.58. The van der Waals surface area contributed by atoms with Crippen LogP contribution in [0.15, 0.2) is 47.7 Å². The third-order valence-corrected chi connectivity index (χ3v) is 12.8. The van der Waals surface area contributed by atoms with Gasteiger partial charge in [-0.2, -0.15) is 5.26 Å². The van der Waals surface area contributed by atoms with Crippen molar-refractivity contribution in [3.05, 3.63) is 47.7 Å². The molecule has 1 saturated carbocycles. The number of Topliss-reactive ketones (excluding diaryl/α,β-unsaturated/α-hetero) is 1. The molecule has 1 fully saturated rings. The summed E-state index contributed by atoms with van der Waals surface area (Å²) < 4.78 is 0. The number of amides is 1. The predicted molar refractivity (Wildman–Crippen MR) is 185 cm³/mol. The highest BCUT2D eigenvalue weighted by Crippen LogP contribution is 2.69. The van der Waals surface area contributed by atoms with Gasteiger partial charge in [0.2, 0.25) is 5.91 Å². The number of nitriles is 1. The van der Waals surface area contributed by atoms with Crippen LogP contribution in [0.2, 0.25) is 0 Å². The monoisotopic (exact) mass is 627 g/mol. The van der Waals surface area contributed by atoms with Crippen molar-refractivity contribution in [3.63, 3.8) is 0 Å². The Hall–Kier alpha value is -3.07. The number of fused-ring (bicyclic) bond motifs is 3. The largest absolute Gasteiger partial charge is 0.311 e. The van der Waals surface area contributed by atoms with Crippen molar-refractivity contribution in [2.24, 2.45) is 38.4 Å². The Morgan fingerprint density at radius 2 is 1.76 bits per heavy atom. The molecule has 46 heavy (non-hydrogen) atoms. The zero-order valence-electron chi connectivity index (χ0n) is 29.9. The lowest BCUT2D eigenvalue weighted by Crippen LogP contribution is -2.57. The second kappa shape index (κ2) is 12.9. The highest BCUT2D eigenvalue weighted by Gasteiger charge is 2.63. The number of hydrogen-bond acceptors (Lipinski definition) is 5. The van der Waals surface area contributed by atoms with Crippen LogP contribution in [0.3, 0.4) is 0 Å². The number of hydrogen-bond donors (Lipinski definition) is 1. The Kier molecular flexibility index (Phi) is 10.00. The van der Waals surface area contributed by atoms with Crippen LogP contribution in [0.4, 0.5) is 5.82 Å².